The van der Waals surface area contributed by atoms with Gasteiger partial charge in [0, 0.05) is 11.6 Å². The molecule has 0 bridgehead atoms. The molecule has 4 N–H and O–H groups in total. The summed E-state index contributed by atoms with van der Waals surface area (Å²) in [6, 6.07) is 9.92. The summed E-state index contributed by atoms with van der Waals surface area (Å²) in [5.41, 5.74) is 1.60. The van der Waals surface area contributed by atoms with Crippen LogP contribution in [0.2, 0.25) is 0 Å². The van der Waals surface area contributed by atoms with Gasteiger partial charge in [-0.1, -0.05) is 37.5 Å². The maximum atomic E-state index is 12.9. The third-order valence-electron chi connectivity index (χ3n) is 5.75. The quantitative estimate of drug-likeness (QED) is 0.561. The summed E-state index contributed by atoms with van der Waals surface area (Å²) in [7, 11) is -7.53. The molecule has 1 aliphatic carbocycles. The van der Waals surface area contributed by atoms with Crippen molar-refractivity contribution in [3.63, 3.8) is 0 Å². The van der Waals surface area contributed by atoms with Gasteiger partial charge in [0.25, 0.3) is 5.91 Å². The minimum absolute atomic E-state index is 0.0148. The van der Waals surface area contributed by atoms with Gasteiger partial charge in [-0.05, 0) is 62.1 Å². The fraction of sp³-hybridized carbons (Fsp3) is 0.409. The molecule has 1 unspecified atom stereocenters. The second kappa shape index (κ2) is 9.70. The molecule has 1 fully saturated rings. The van der Waals surface area contributed by atoms with Gasteiger partial charge in [0.2, 0.25) is 20.0 Å². The molecule has 0 radical (unpaired) electrons. The van der Waals surface area contributed by atoms with Crippen molar-refractivity contribution in [1.82, 2.24) is 10.0 Å². The Balaban J connectivity index is 1.76. The Bertz CT molecular complexity index is 1190. The number of rotatable bonds is 7. The van der Waals surface area contributed by atoms with Crippen LogP contribution in [0.4, 0.5) is 0 Å². The highest BCUT2D eigenvalue weighted by atomic mass is 32.2. The summed E-state index contributed by atoms with van der Waals surface area (Å²) < 4.78 is 51.3. The average molecular weight is 480 g/mol. The second-order valence-electron chi connectivity index (χ2n) is 8.24. The fourth-order valence-corrected chi connectivity index (χ4v) is 5.67. The Hall–Kier alpha value is -2.27. The van der Waals surface area contributed by atoms with Crippen LogP contribution in [0.1, 0.15) is 66.6 Å². The number of benzene rings is 2. The number of amides is 1. The van der Waals surface area contributed by atoms with E-state index < -0.39 is 32.0 Å². The van der Waals surface area contributed by atoms with E-state index in [-0.39, 0.29) is 21.4 Å². The molecule has 0 heterocycles. The van der Waals surface area contributed by atoms with Crippen molar-refractivity contribution < 1.29 is 21.6 Å². The first kappa shape index (κ1) is 24.4. The van der Waals surface area contributed by atoms with Gasteiger partial charge in [0.05, 0.1) is 15.8 Å². The number of primary sulfonamides is 1. The predicted molar refractivity (Wildman–Crippen MR) is 122 cm³/mol. The van der Waals surface area contributed by atoms with Crippen LogP contribution >= 0.6 is 0 Å². The number of carbonyl (C=O) groups excluding carboxylic acids is 1. The van der Waals surface area contributed by atoms with Gasteiger partial charge in [-0.25, -0.2) is 26.7 Å². The van der Waals surface area contributed by atoms with Gasteiger partial charge in [0.15, 0.2) is 0 Å². The Morgan fingerprint density at radius 2 is 1.56 bits per heavy atom. The van der Waals surface area contributed by atoms with Crippen molar-refractivity contribution in [3.8, 4) is 0 Å². The van der Waals surface area contributed by atoms with E-state index in [1.807, 2.05) is 0 Å². The van der Waals surface area contributed by atoms with Crippen LogP contribution < -0.4 is 15.2 Å². The maximum absolute atomic E-state index is 12.9. The van der Waals surface area contributed by atoms with E-state index in [4.69, 9.17) is 5.14 Å². The largest absolute Gasteiger partial charge is 0.346 e. The standard InChI is InChI=1S/C22H29N3O5S2/c1-15-8-11-20(32(29,30)25-18-6-4-3-5-7-18)14-21(15)22(26)24-16(2)17-9-12-19(13-10-17)31(23,27)28/h8-14,16,18,25H,3-7H2,1-2H3,(H,24,26)(H2,23,27,28). The number of hydrogen-bond acceptors (Lipinski definition) is 5. The van der Waals surface area contributed by atoms with E-state index in [0.717, 1.165) is 32.1 Å². The average Bonchev–Trinajstić information content (AvgIpc) is 2.73. The Kier molecular flexibility index (Phi) is 7.39. The van der Waals surface area contributed by atoms with Crippen LogP contribution in [-0.4, -0.2) is 28.8 Å². The number of aryl methyl sites for hydroxylation is 1. The lowest BCUT2D eigenvalue weighted by atomic mass is 9.96. The van der Waals surface area contributed by atoms with E-state index in [2.05, 4.69) is 10.0 Å². The molecule has 0 saturated heterocycles. The van der Waals surface area contributed by atoms with Crippen molar-refractivity contribution in [2.75, 3.05) is 0 Å². The lowest BCUT2D eigenvalue weighted by Gasteiger charge is -2.23. The van der Waals surface area contributed by atoms with Gasteiger partial charge in [-0.2, -0.15) is 0 Å². The highest BCUT2D eigenvalue weighted by Gasteiger charge is 2.24. The van der Waals surface area contributed by atoms with E-state index in [1.54, 1.807) is 32.0 Å². The Labute approximate surface area is 189 Å². The molecule has 0 spiro atoms. The number of carbonyl (C=O) groups is 1. The van der Waals surface area contributed by atoms with Crippen LogP contribution in [0.5, 0.6) is 0 Å². The molecule has 10 heteroatoms. The minimum Gasteiger partial charge on any atom is -0.346 e. The molecule has 3 rings (SSSR count). The summed E-state index contributed by atoms with van der Waals surface area (Å²) >= 11 is 0. The van der Waals surface area contributed by atoms with Crippen LogP contribution in [0, 0.1) is 6.92 Å². The van der Waals surface area contributed by atoms with Crippen molar-refractivity contribution in [1.29, 1.82) is 0 Å². The minimum atomic E-state index is -3.80. The highest BCUT2D eigenvalue weighted by molar-refractivity contribution is 7.89. The normalized spacial score (nSPS) is 16.5. The van der Waals surface area contributed by atoms with Crippen LogP contribution in [0.3, 0.4) is 0 Å². The molecule has 0 aliphatic heterocycles. The number of sulfonamides is 2. The third-order valence-corrected chi connectivity index (χ3v) is 8.19. The summed E-state index contributed by atoms with van der Waals surface area (Å²) in [6.45, 7) is 3.50. The molecular formula is C22H29N3O5S2. The number of nitrogens with one attached hydrogen (secondary N) is 2. The van der Waals surface area contributed by atoms with Gasteiger partial charge in [-0.3, -0.25) is 4.79 Å². The second-order valence-corrected chi connectivity index (χ2v) is 11.5. The topological polar surface area (TPSA) is 135 Å². The molecule has 1 aliphatic rings. The maximum Gasteiger partial charge on any atom is 0.252 e. The molecule has 32 heavy (non-hydrogen) atoms. The molecule has 2 aromatic rings. The number of nitrogens with two attached hydrogens (primary N) is 1. The molecule has 1 atom stereocenters. The summed E-state index contributed by atoms with van der Waals surface area (Å²) in [4.78, 5) is 12.9. The zero-order chi connectivity index (χ0) is 23.5. The van der Waals surface area contributed by atoms with Gasteiger partial charge < -0.3 is 5.32 Å². The van der Waals surface area contributed by atoms with E-state index >= 15 is 0 Å². The highest BCUT2D eigenvalue weighted by Crippen LogP contribution is 2.22. The van der Waals surface area contributed by atoms with E-state index in [0.29, 0.717) is 11.1 Å². The Morgan fingerprint density at radius 1 is 0.969 bits per heavy atom. The van der Waals surface area contributed by atoms with Crippen LogP contribution in [0.15, 0.2) is 52.3 Å². The van der Waals surface area contributed by atoms with Gasteiger partial charge >= 0.3 is 0 Å². The molecule has 174 valence electrons. The van der Waals surface area contributed by atoms with Gasteiger partial charge in [0.1, 0.15) is 0 Å². The first-order valence-electron chi connectivity index (χ1n) is 10.5. The summed E-state index contributed by atoms with van der Waals surface area (Å²) in [5, 5.41) is 7.95. The predicted octanol–water partition coefficient (Wildman–Crippen LogP) is 2.74. The molecular weight excluding hydrogens is 450 g/mol. The molecule has 8 nitrogen and oxygen atoms in total. The zero-order valence-electron chi connectivity index (χ0n) is 18.2. The molecule has 1 saturated carbocycles. The Morgan fingerprint density at radius 3 is 2.16 bits per heavy atom. The molecule has 0 aromatic heterocycles. The van der Waals surface area contributed by atoms with Crippen molar-refractivity contribution >= 4 is 26.0 Å². The van der Waals surface area contributed by atoms with Crippen LogP contribution in [-0.2, 0) is 20.0 Å². The monoisotopic (exact) mass is 479 g/mol. The lowest BCUT2D eigenvalue weighted by molar-refractivity contribution is 0.0939. The molecule has 2 aromatic carbocycles. The van der Waals surface area contributed by atoms with Crippen molar-refractivity contribution in [2.45, 2.75) is 67.8 Å². The van der Waals surface area contributed by atoms with Crippen LogP contribution in [0.25, 0.3) is 0 Å². The first-order chi connectivity index (χ1) is 15.0. The molecule has 1 amide bonds. The zero-order valence-corrected chi connectivity index (χ0v) is 19.8. The summed E-state index contributed by atoms with van der Waals surface area (Å²) in [6.07, 6.45) is 4.77. The van der Waals surface area contributed by atoms with Crippen molar-refractivity contribution in [3.05, 3.63) is 59.2 Å². The van der Waals surface area contributed by atoms with Gasteiger partial charge in [-0.15, -0.1) is 0 Å². The fourth-order valence-electron chi connectivity index (χ4n) is 3.82. The van der Waals surface area contributed by atoms with E-state index in [1.165, 1.54) is 24.3 Å². The number of hydrogen-bond donors (Lipinski definition) is 3. The summed E-state index contributed by atoms with van der Waals surface area (Å²) in [5.74, 6) is -0.416. The first-order valence-corrected chi connectivity index (χ1v) is 13.6. The third kappa shape index (κ3) is 5.94. The SMILES string of the molecule is Cc1ccc(S(=O)(=O)NC2CCCCC2)cc1C(=O)NC(C)c1ccc(S(N)(=O)=O)cc1. The lowest BCUT2D eigenvalue weighted by Crippen LogP contribution is -2.36. The smallest absolute Gasteiger partial charge is 0.252 e. The van der Waals surface area contributed by atoms with Crippen molar-refractivity contribution in [2.24, 2.45) is 5.14 Å². The van der Waals surface area contributed by atoms with E-state index in [9.17, 15) is 21.6 Å².